The Hall–Kier alpha value is -1.11. The van der Waals surface area contributed by atoms with Crippen LogP contribution in [0.2, 0.25) is 0 Å². The SMILES string of the molecule is CCCCc1[se]c2nc3ccccc3cc2c1CCCC. The second-order valence-electron chi connectivity index (χ2n) is 5.74. The Balaban J connectivity index is 2.13. The van der Waals surface area contributed by atoms with Crippen molar-refractivity contribution in [3.8, 4) is 0 Å². The molecule has 0 bridgehead atoms. The van der Waals surface area contributed by atoms with Crippen LogP contribution in [-0.4, -0.2) is 19.5 Å². The van der Waals surface area contributed by atoms with E-state index in [0.29, 0.717) is 14.5 Å². The summed E-state index contributed by atoms with van der Waals surface area (Å²) in [7, 11) is 0. The maximum absolute atomic E-state index is 4.96. The molecule has 0 aliphatic heterocycles. The van der Waals surface area contributed by atoms with E-state index >= 15 is 0 Å². The van der Waals surface area contributed by atoms with Crippen molar-refractivity contribution in [1.29, 1.82) is 0 Å². The third-order valence-electron chi connectivity index (χ3n) is 4.11. The summed E-state index contributed by atoms with van der Waals surface area (Å²) in [4.78, 5) is 4.96. The van der Waals surface area contributed by atoms with Crippen molar-refractivity contribution in [2.75, 3.05) is 0 Å². The second-order valence-corrected chi connectivity index (χ2v) is 8.02. The molecule has 0 saturated heterocycles. The van der Waals surface area contributed by atoms with Crippen molar-refractivity contribution >= 4 is 35.2 Å². The number of para-hydroxylation sites is 1. The fourth-order valence-corrected chi connectivity index (χ4v) is 5.51. The van der Waals surface area contributed by atoms with E-state index in [9.17, 15) is 0 Å². The zero-order valence-corrected chi connectivity index (χ0v) is 14.7. The van der Waals surface area contributed by atoms with E-state index in [-0.39, 0.29) is 0 Å². The molecule has 2 heterocycles. The first-order valence-corrected chi connectivity index (χ1v) is 9.84. The summed E-state index contributed by atoms with van der Waals surface area (Å²) in [5, 5.41) is 2.76. The molecule has 3 aromatic rings. The molecule has 0 saturated carbocycles. The number of hydrogen-bond acceptors (Lipinski definition) is 1. The van der Waals surface area contributed by atoms with E-state index in [2.05, 4.69) is 44.2 Å². The van der Waals surface area contributed by atoms with Crippen LogP contribution in [0.3, 0.4) is 0 Å². The van der Waals surface area contributed by atoms with Gasteiger partial charge in [0, 0.05) is 0 Å². The zero-order chi connectivity index (χ0) is 14.7. The van der Waals surface area contributed by atoms with Crippen LogP contribution in [0.4, 0.5) is 0 Å². The van der Waals surface area contributed by atoms with Crippen molar-refractivity contribution in [3.05, 3.63) is 40.3 Å². The van der Waals surface area contributed by atoms with Gasteiger partial charge < -0.3 is 0 Å². The van der Waals surface area contributed by atoms with Crippen molar-refractivity contribution < 1.29 is 0 Å². The Morgan fingerprint density at radius 1 is 1.00 bits per heavy atom. The van der Waals surface area contributed by atoms with Gasteiger partial charge in [0.15, 0.2) is 0 Å². The van der Waals surface area contributed by atoms with Gasteiger partial charge in [-0.1, -0.05) is 0 Å². The first kappa shape index (κ1) is 14.8. The average Bonchev–Trinajstić information content (AvgIpc) is 2.85. The van der Waals surface area contributed by atoms with E-state index < -0.39 is 0 Å². The van der Waals surface area contributed by atoms with Gasteiger partial charge in [0.2, 0.25) is 0 Å². The zero-order valence-electron chi connectivity index (χ0n) is 13.0. The van der Waals surface area contributed by atoms with E-state index in [4.69, 9.17) is 4.98 Å². The van der Waals surface area contributed by atoms with Gasteiger partial charge in [-0.25, -0.2) is 0 Å². The van der Waals surface area contributed by atoms with Crippen LogP contribution in [0.15, 0.2) is 30.3 Å². The van der Waals surface area contributed by atoms with Crippen LogP contribution >= 0.6 is 0 Å². The van der Waals surface area contributed by atoms with E-state index in [1.165, 1.54) is 53.7 Å². The molecule has 0 amide bonds. The number of benzene rings is 1. The van der Waals surface area contributed by atoms with E-state index in [1.54, 1.807) is 10.0 Å². The summed E-state index contributed by atoms with van der Waals surface area (Å²) < 4.78 is 3.09. The quantitative estimate of drug-likeness (QED) is 0.565. The normalized spacial score (nSPS) is 11.5. The summed E-state index contributed by atoms with van der Waals surface area (Å²) in [5.74, 6) is 0. The molecule has 110 valence electrons. The number of rotatable bonds is 6. The fourth-order valence-electron chi connectivity index (χ4n) is 2.89. The Labute approximate surface area is 133 Å². The van der Waals surface area contributed by atoms with Crippen molar-refractivity contribution in [1.82, 2.24) is 4.98 Å². The summed E-state index contributed by atoms with van der Waals surface area (Å²) >= 11 is 0.456. The van der Waals surface area contributed by atoms with Crippen LogP contribution in [0.1, 0.15) is 49.5 Å². The number of nitrogens with zero attached hydrogens (tertiary/aromatic N) is 1. The number of aromatic nitrogens is 1. The van der Waals surface area contributed by atoms with Crippen LogP contribution in [0.5, 0.6) is 0 Å². The molecule has 2 aromatic heterocycles. The molecule has 0 atom stereocenters. The number of pyridine rings is 1. The van der Waals surface area contributed by atoms with Gasteiger partial charge in [0.25, 0.3) is 0 Å². The topological polar surface area (TPSA) is 12.9 Å². The molecule has 0 N–H and O–H groups in total. The molecule has 2 heteroatoms. The Kier molecular flexibility index (Phi) is 4.77. The van der Waals surface area contributed by atoms with Crippen LogP contribution in [-0.2, 0) is 12.8 Å². The van der Waals surface area contributed by atoms with Crippen LogP contribution in [0, 0.1) is 0 Å². The second kappa shape index (κ2) is 6.77. The molecule has 0 fully saturated rings. The third kappa shape index (κ3) is 3.07. The van der Waals surface area contributed by atoms with Gasteiger partial charge in [-0.2, -0.15) is 0 Å². The monoisotopic (exact) mass is 345 g/mol. The molecule has 0 spiro atoms. The summed E-state index contributed by atoms with van der Waals surface area (Å²) in [5.41, 5.74) is 2.79. The number of unbranched alkanes of at least 4 members (excludes halogenated alkanes) is 2. The van der Waals surface area contributed by atoms with Crippen LogP contribution < -0.4 is 0 Å². The molecule has 3 rings (SSSR count). The number of fused-ring (bicyclic) bond motifs is 2. The summed E-state index contributed by atoms with van der Waals surface area (Å²) in [6.07, 6.45) is 7.69. The Morgan fingerprint density at radius 3 is 2.57 bits per heavy atom. The van der Waals surface area contributed by atoms with Gasteiger partial charge in [0.1, 0.15) is 0 Å². The molecule has 0 aliphatic rings. The standard InChI is InChI=1S/C19H23NSe/c1-3-5-10-15-16-13-14-9-7-8-11-17(14)20-19(16)21-18(15)12-6-4-2/h7-9,11,13H,3-6,10,12H2,1-2H3. The van der Waals surface area contributed by atoms with Crippen LogP contribution in [0.25, 0.3) is 20.7 Å². The van der Waals surface area contributed by atoms with Crippen molar-refractivity contribution in [3.63, 3.8) is 0 Å². The molecular weight excluding hydrogens is 321 g/mol. The maximum atomic E-state index is 4.96. The first-order valence-electron chi connectivity index (χ1n) is 8.13. The predicted molar refractivity (Wildman–Crippen MR) is 93.4 cm³/mol. The number of hydrogen-bond donors (Lipinski definition) is 0. The Bertz CT molecular complexity index is 742. The van der Waals surface area contributed by atoms with Gasteiger partial charge in [-0.15, -0.1) is 0 Å². The van der Waals surface area contributed by atoms with E-state index in [1.807, 2.05) is 0 Å². The van der Waals surface area contributed by atoms with E-state index in [0.717, 1.165) is 5.52 Å². The minimum absolute atomic E-state index is 0.456. The van der Waals surface area contributed by atoms with Gasteiger partial charge >= 0.3 is 133 Å². The molecule has 21 heavy (non-hydrogen) atoms. The van der Waals surface area contributed by atoms with Gasteiger partial charge in [0.05, 0.1) is 0 Å². The minimum atomic E-state index is 0.456. The fraction of sp³-hybridized carbons (Fsp3) is 0.421. The average molecular weight is 344 g/mol. The number of aryl methyl sites for hydroxylation is 2. The molecule has 0 radical (unpaired) electrons. The molecule has 1 nitrogen and oxygen atoms in total. The summed E-state index contributed by atoms with van der Waals surface area (Å²) in [6, 6.07) is 10.9. The third-order valence-corrected chi connectivity index (χ3v) is 6.63. The molecule has 0 aliphatic carbocycles. The van der Waals surface area contributed by atoms with Crippen molar-refractivity contribution in [2.24, 2.45) is 0 Å². The van der Waals surface area contributed by atoms with Gasteiger partial charge in [-0.05, 0) is 0 Å². The first-order chi connectivity index (χ1) is 10.3. The molecule has 0 unspecified atom stereocenters. The van der Waals surface area contributed by atoms with Crippen molar-refractivity contribution in [2.45, 2.75) is 52.4 Å². The Morgan fingerprint density at radius 2 is 1.76 bits per heavy atom. The summed E-state index contributed by atoms with van der Waals surface area (Å²) in [6.45, 7) is 4.57. The molecular formula is C19H23NSe. The van der Waals surface area contributed by atoms with Gasteiger partial charge in [-0.3, -0.25) is 0 Å². The molecule has 1 aromatic carbocycles. The predicted octanol–water partition coefficient (Wildman–Crippen LogP) is 5.13.